The number of rotatable bonds is 2. The van der Waals surface area contributed by atoms with Gasteiger partial charge in [-0.25, -0.2) is 9.59 Å². The number of urea groups is 1. The zero-order chi connectivity index (χ0) is 18.0. The summed E-state index contributed by atoms with van der Waals surface area (Å²) >= 11 is 5.95. The Morgan fingerprint density at radius 1 is 1.21 bits per heavy atom. The number of nitrogens with one attached hydrogen (secondary N) is 1. The number of carbonyl (C=O) groups is 2. The SMILES string of the molecule is CC(C)(C)OC(=O)N1CCC(NC(N)=O)(c2ccc(Cl)cc2)CC1. The summed E-state index contributed by atoms with van der Waals surface area (Å²) in [7, 11) is 0. The number of piperidine rings is 1. The maximum absolute atomic E-state index is 12.2. The first-order valence-corrected chi connectivity index (χ1v) is 8.31. The van der Waals surface area contributed by atoms with Crippen LogP contribution in [0.3, 0.4) is 0 Å². The smallest absolute Gasteiger partial charge is 0.410 e. The van der Waals surface area contributed by atoms with Gasteiger partial charge in [0.05, 0.1) is 5.54 Å². The minimum atomic E-state index is -0.602. The number of likely N-dealkylation sites (tertiary alicyclic amines) is 1. The molecule has 24 heavy (non-hydrogen) atoms. The third-order valence-corrected chi connectivity index (χ3v) is 4.28. The molecule has 132 valence electrons. The Morgan fingerprint density at radius 3 is 2.21 bits per heavy atom. The van der Waals surface area contributed by atoms with Crippen molar-refractivity contribution in [2.45, 2.75) is 44.8 Å². The molecule has 0 aromatic heterocycles. The Labute approximate surface area is 147 Å². The second-order valence-electron chi connectivity index (χ2n) is 7.05. The highest BCUT2D eigenvalue weighted by Gasteiger charge is 2.39. The zero-order valence-electron chi connectivity index (χ0n) is 14.3. The molecule has 0 radical (unpaired) electrons. The van der Waals surface area contributed by atoms with Crippen LogP contribution in [0.25, 0.3) is 0 Å². The lowest BCUT2D eigenvalue weighted by Gasteiger charge is -2.42. The van der Waals surface area contributed by atoms with E-state index in [-0.39, 0.29) is 6.09 Å². The summed E-state index contributed by atoms with van der Waals surface area (Å²) in [6, 6.07) is 6.72. The van der Waals surface area contributed by atoms with Gasteiger partial charge in [0.1, 0.15) is 5.60 Å². The average molecular weight is 354 g/mol. The Morgan fingerprint density at radius 2 is 1.75 bits per heavy atom. The van der Waals surface area contributed by atoms with E-state index in [0.29, 0.717) is 31.0 Å². The molecule has 7 heteroatoms. The van der Waals surface area contributed by atoms with E-state index in [9.17, 15) is 9.59 Å². The molecule has 3 N–H and O–H groups in total. The van der Waals surface area contributed by atoms with Crippen molar-refractivity contribution < 1.29 is 14.3 Å². The van der Waals surface area contributed by atoms with Crippen molar-refractivity contribution in [2.24, 2.45) is 5.73 Å². The molecule has 1 saturated heterocycles. The second-order valence-corrected chi connectivity index (χ2v) is 7.48. The molecule has 0 aliphatic carbocycles. The van der Waals surface area contributed by atoms with Gasteiger partial charge in [-0.15, -0.1) is 0 Å². The third kappa shape index (κ3) is 4.54. The molecule has 1 heterocycles. The van der Waals surface area contributed by atoms with Gasteiger partial charge in [0.2, 0.25) is 0 Å². The van der Waals surface area contributed by atoms with Crippen molar-refractivity contribution in [3.05, 3.63) is 34.9 Å². The van der Waals surface area contributed by atoms with E-state index in [2.05, 4.69) is 5.32 Å². The zero-order valence-corrected chi connectivity index (χ0v) is 15.0. The van der Waals surface area contributed by atoms with Gasteiger partial charge in [0.15, 0.2) is 0 Å². The van der Waals surface area contributed by atoms with E-state index in [1.807, 2.05) is 32.9 Å². The van der Waals surface area contributed by atoms with E-state index in [1.165, 1.54) is 0 Å². The molecule has 0 unspecified atom stereocenters. The summed E-state index contributed by atoms with van der Waals surface area (Å²) in [4.78, 5) is 25.4. The Balaban J connectivity index is 2.14. The highest BCUT2D eigenvalue weighted by molar-refractivity contribution is 6.30. The van der Waals surface area contributed by atoms with Gasteiger partial charge in [0, 0.05) is 18.1 Å². The lowest BCUT2D eigenvalue weighted by atomic mass is 9.81. The minimum Gasteiger partial charge on any atom is -0.444 e. The highest BCUT2D eigenvalue weighted by atomic mass is 35.5. The van der Waals surface area contributed by atoms with Crippen molar-refractivity contribution in [2.75, 3.05) is 13.1 Å². The molecule has 0 bridgehead atoms. The van der Waals surface area contributed by atoms with Crippen molar-refractivity contribution in [3.8, 4) is 0 Å². The topological polar surface area (TPSA) is 84.7 Å². The van der Waals surface area contributed by atoms with Crippen molar-refractivity contribution in [3.63, 3.8) is 0 Å². The van der Waals surface area contributed by atoms with Crippen LogP contribution in [-0.4, -0.2) is 35.7 Å². The second kappa shape index (κ2) is 6.89. The van der Waals surface area contributed by atoms with Crippen LogP contribution in [0.15, 0.2) is 24.3 Å². The van der Waals surface area contributed by atoms with Gasteiger partial charge in [-0.3, -0.25) is 0 Å². The van der Waals surface area contributed by atoms with Gasteiger partial charge in [-0.1, -0.05) is 23.7 Å². The number of nitrogens with zero attached hydrogens (tertiary/aromatic N) is 1. The maximum Gasteiger partial charge on any atom is 0.410 e. The van der Waals surface area contributed by atoms with Gasteiger partial charge in [-0.2, -0.15) is 0 Å². The Hall–Kier alpha value is -1.95. The number of benzene rings is 1. The van der Waals surface area contributed by atoms with Crippen LogP contribution in [0.2, 0.25) is 5.02 Å². The fraction of sp³-hybridized carbons (Fsp3) is 0.529. The summed E-state index contributed by atoms with van der Waals surface area (Å²) in [6.45, 7) is 6.44. The van der Waals surface area contributed by atoms with Gasteiger partial charge in [0.25, 0.3) is 0 Å². The normalized spacial score (nSPS) is 17.2. The molecule has 0 spiro atoms. The van der Waals surface area contributed by atoms with Crippen molar-refractivity contribution in [1.82, 2.24) is 10.2 Å². The first-order chi connectivity index (χ1) is 11.1. The van der Waals surface area contributed by atoms with Crippen LogP contribution in [0.5, 0.6) is 0 Å². The standard InChI is InChI=1S/C17H24ClN3O3/c1-16(2,3)24-15(23)21-10-8-17(9-11-21,20-14(19)22)12-4-6-13(18)7-5-12/h4-7H,8-11H2,1-3H3,(H3,19,20,22). The molecule has 2 rings (SSSR count). The molecule has 1 aromatic carbocycles. The van der Waals surface area contributed by atoms with E-state index in [0.717, 1.165) is 5.56 Å². The van der Waals surface area contributed by atoms with E-state index >= 15 is 0 Å². The quantitative estimate of drug-likeness (QED) is 0.855. The molecular weight excluding hydrogens is 330 g/mol. The van der Waals surface area contributed by atoms with Crippen molar-refractivity contribution >= 4 is 23.7 Å². The van der Waals surface area contributed by atoms with Crippen LogP contribution in [0, 0.1) is 0 Å². The van der Waals surface area contributed by atoms with Gasteiger partial charge < -0.3 is 20.7 Å². The first-order valence-electron chi connectivity index (χ1n) is 7.93. The van der Waals surface area contributed by atoms with Crippen LogP contribution in [-0.2, 0) is 10.3 Å². The first kappa shape index (κ1) is 18.4. The number of nitrogens with two attached hydrogens (primary N) is 1. The molecule has 1 aliphatic rings. The molecule has 0 saturated carbocycles. The molecule has 6 nitrogen and oxygen atoms in total. The molecule has 1 aromatic rings. The number of carbonyl (C=O) groups excluding carboxylic acids is 2. The number of ether oxygens (including phenoxy) is 1. The average Bonchev–Trinajstić information content (AvgIpc) is 2.46. The summed E-state index contributed by atoms with van der Waals surface area (Å²) in [6.07, 6.45) is 0.763. The predicted octanol–water partition coefficient (Wildman–Crippen LogP) is 3.23. The predicted molar refractivity (Wildman–Crippen MR) is 92.9 cm³/mol. The molecule has 1 fully saturated rings. The Bertz CT molecular complexity index is 603. The fourth-order valence-corrected chi connectivity index (χ4v) is 3.01. The fourth-order valence-electron chi connectivity index (χ4n) is 2.89. The number of amides is 3. The van der Waals surface area contributed by atoms with Crippen LogP contribution < -0.4 is 11.1 Å². The van der Waals surface area contributed by atoms with Crippen molar-refractivity contribution in [1.29, 1.82) is 0 Å². The van der Waals surface area contributed by atoms with E-state index < -0.39 is 17.2 Å². The molecule has 1 aliphatic heterocycles. The van der Waals surface area contributed by atoms with Crippen LogP contribution >= 0.6 is 11.6 Å². The number of hydrogen-bond donors (Lipinski definition) is 2. The summed E-state index contributed by atoms with van der Waals surface area (Å²) in [5.74, 6) is 0. The number of halogens is 1. The summed E-state index contributed by atoms with van der Waals surface area (Å²) < 4.78 is 5.41. The number of hydrogen-bond acceptors (Lipinski definition) is 3. The van der Waals surface area contributed by atoms with Gasteiger partial charge >= 0.3 is 12.1 Å². The molecule has 3 amide bonds. The third-order valence-electron chi connectivity index (χ3n) is 4.03. The summed E-state index contributed by atoms with van der Waals surface area (Å²) in [5.41, 5.74) is 5.16. The lowest BCUT2D eigenvalue weighted by Crippen LogP contribution is -2.55. The van der Waals surface area contributed by atoms with Gasteiger partial charge in [-0.05, 0) is 51.3 Å². The lowest BCUT2D eigenvalue weighted by molar-refractivity contribution is 0.0152. The highest BCUT2D eigenvalue weighted by Crippen LogP contribution is 2.34. The summed E-state index contributed by atoms with van der Waals surface area (Å²) in [5, 5.41) is 3.48. The van der Waals surface area contributed by atoms with Crippen LogP contribution in [0.1, 0.15) is 39.2 Å². The van der Waals surface area contributed by atoms with Crippen LogP contribution in [0.4, 0.5) is 9.59 Å². The Kier molecular flexibility index (Phi) is 5.28. The van der Waals surface area contributed by atoms with E-state index in [1.54, 1.807) is 17.0 Å². The monoisotopic (exact) mass is 353 g/mol. The molecule has 0 atom stereocenters. The minimum absolute atomic E-state index is 0.341. The maximum atomic E-state index is 12.2. The molecular formula is C17H24ClN3O3. The number of primary amides is 1. The largest absolute Gasteiger partial charge is 0.444 e. The van der Waals surface area contributed by atoms with E-state index in [4.69, 9.17) is 22.1 Å².